The van der Waals surface area contributed by atoms with Gasteiger partial charge >= 0.3 is 0 Å². The lowest BCUT2D eigenvalue weighted by molar-refractivity contribution is -0.118. The van der Waals surface area contributed by atoms with Gasteiger partial charge in [0, 0.05) is 24.3 Å². The zero-order valence-electron chi connectivity index (χ0n) is 14.6. The fourth-order valence-electron chi connectivity index (χ4n) is 2.80. The van der Waals surface area contributed by atoms with Gasteiger partial charge in [0.1, 0.15) is 5.75 Å². The summed E-state index contributed by atoms with van der Waals surface area (Å²) in [5.74, 6) is 0.407. The van der Waals surface area contributed by atoms with E-state index in [2.05, 4.69) is 22.7 Å². The minimum Gasteiger partial charge on any atom is -0.482 e. The summed E-state index contributed by atoms with van der Waals surface area (Å²) in [7, 11) is 0. The van der Waals surface area contributed by atoms with E-state index in [1.165, 1.54) is 0 Å². The standard InChI is InChI=1S/C18H22N4O3/c1-11(9-22-13(3)6-12(2)21-22)8-19-18(24)14-4-5-15-16(7-14)25-10-17(23)20-15/h4-7,11H,8-10H2,1-3H3,(H,19,24)(H,20,23)/t11-/m0/s1. The number of aryl methyl sites for hydroxylation is 2. The van der Waals surface area contributed by atoms with Crippen LogP contribution in [0.2, 0.25) is 0 Å². The van der Waals surface area contributed by atoms with Crippen LogP contribution in [0, 0.1) is 19.8 Å². The van der Waals surface area contributed by atoms with Crippen molar-refractivity contribution in [2.24, 2.45) is 5.92 Å². The lowest BCUT2D eigenvalue weighted by Gasteiger charge is -2.18. The van der Waals surface area contributed by atoms with Gasteiger partial charge in [0.25, 0.3) is 11.8 Å². The summed E-state index contributed by atoms with van der Waals surface area (Å²) in [6, 6.07) is 7.04. The zero-order valence-corrected chi connectivity index (χ0v) is 14.6. The molecule has 1 aromatic carbocycles. The van der Waals surface area contributed by atoms with Gasteiger partial charge in [0.15, 0.2) is 6.61 Å². The maximum Gasteiger partial charge on any atom is 0.262 e. The number of rotatable bonds is 5. The summed E-state index contributed by atoms with van der Waals surface area (Å²) >= 11 is 0. The molecule has 0 saturated heterocycles. The van der Waals surface area contributed by atoms with Gasteiger partial charge in [-0.25, -0.2) is 0 Å². The molecule has 2 heterocycles. The highest BCUT2D eigenvalue weighted by Crippen LogP contribution is 2.28. The Balaban J connectivity index is 1.57. The number of anilines is 1. The van der Waals surface area contributed by atoms with Crippen molar-refractivity contribution in [3.63, 3.8) is 0 Å². The SMILES string of the molecule is Cc1cc(C)n(C[C@@H](C)CNC(=O)c2ccc3c(c2)OCC(=O)N3)n1. The number of aromatic nitrogens is 2. The quantitative estimate of drug-likeness (QED) is 0.869. The third kappa shape index (κ3) is 3.99. The fraction of sp³-hybridized carbons (Fsp3) is 0.389. The van der Waals surface area contributed by atoms with Gasteiger partial charge in [-0.3, -0.25) is 14.3 Å². The Morgan fingerprint density at radius 1 is 1.40 bits per heavy atom. The molecule has 0 radical (unpaired) electrons. The first-order valence-corrected chi connectivity index (χ1v) is 8.28. The van der Waals surface area contributed by atoms with Crippen molar-refractivity contribution in [2.75, 3.05) is 18.5 Å². The van der Waals surface area contributed by atoms with E-state index in [0.717, 1.165) is 17.9 Å². The summed E-state index contributed by atoms with van der Waals surface area (Å²) in [6.45, 7) is 7.33. The summed E-state index contributed by atoms with van der Waals surface area (Å²) < 4.78 is 7.30. The van der Waals surface area contributed by atoms with Crippen molar-refractivity contribution in [3.05, 3.63) is 41.2 Å². The normalized spacial score (nSPS) is 14.3. The minimum absolute atomic E-state index is 0.0300. The zero-order chi connectivity index (χ0) is 18.0. The van der Waals surface area contributed by atoms with Crippen molar-refractivity contribution >= 4 is 17.5 Å². The summed E-state index contributed by atoms with van der Waals surface area (Å²) in [5.41, 5.74) is 3.21. The van der Waals surface area contributed by atoms with Crippen LogP contribution in [-0.2, 0) is 11.3 Å². The van der Waals surface area contributed by atoms with Crippen molar-refractivity contribution in [3.8, 4) is 5.75 Å². The Kier molecular flexibility index (Phi) is 4.74. The van der Waals surface area contributed by atoms with Crippen molar-refractivity contribution < 1.29 is 14.3 Å². The Morgan fingerprint density at radius 3 is 2.92 bits per heavy atom. The molecule has 0 unspecified atom stereocenters. The molecule has 1 aliphatic rings. The van der Waals surface area contributed by atoms with Crippen LogP contribution in [0.1, 0.15) is 28.7 Å². The van der Waals surface area contributed by atoms with Crippen LogP contribution in [0.3, 0.4) is 0 Å². The van der Waals surface area contributed by atoms with Crippen LogP contribution in [0.4, 0.5) is 5.69 Å². The molecule has 2 amide bonds. The summed E-state index contributed by atoms with van der Waals surface area (Å²) in [4.78, 5) is 23.6. The minimum atomic E-state index is -0.192. The van der Waals surface area contributed by atoms with E-state index in [1.54, 1.807) is 18.2 Å². The smallest absolute Gasteiger partial charge is 0.262 e. The predicted octanol–water partition coefficient (Wildman–Crippen LogP) is 1.90. The molecule has 0 spiro atoms. The molecule has 0 aliphatic carbocycles. The molecule has 132 valence electrons. The highest BCUT2D eigenvalue weighted by Gasteiger charge is 2.18. The number of amides is 2. The third-order valence-corrected chi connectivity index (χ3v) is 4.08. The second kappa shape index (κ2) is 6.96. The molecule has 1 atom stereocenters. The molecule has 1 aromatic heterocycles. The molecule has 25 heavy (non-hydrogen) atoms. The first kappa shape index (κ1) is 17.0. The second-order valence-corrected chi connectivity index (χ2v) is 6.47. The van der Waals surface area contributed by atoms with E-state index in [1.807, 2.05) is 24.6 Å². The molecule has 0 fully saturated rings. The number of hydrogen-bond acceptors (Lipinski definition) is 4. The van der Waals surface area contributed by atoms with Crippen LogP contribution in [0.5, 0.6) is 5.75 Å². The number of ether oxygens (including phenoxy) is 1. The second-order valence-electron chi connectivity index (χ2n) is 6.47. The van der Waals surface area contributed by atoms with E-state index >= 15 is 0 Å². The largest absolute Gasteiger partial charge is 0.482 e. The maximum absolute atomic E-state index is 12.3. The Labute approximate surface area is 146 Å². The Hall–Kier alpha value is -2.83. The van der Waals surface area contributed by atoms with Crippen LogP contribution in [-0.4, -0.2) is 34.7 Å². The number of nitrogens with zero attached hydrogens (tertiary/aromatic N) is 2. The molecule has 7 nitrogen and oxygen atoms in total. The highest BCUT2D eigenvalue weighted by molar-refractivity contribution is 5.98. The molecule has 0 bridgehead atoms. The number of fused-ring (bicyclic) bond motifs is 1. The van der Waals surface area contributed by atoms with E-state index in [4.69, 9.17) is 4.74 Å². The molecular formula is C18H22N4O3. The number of nitrogens with one attached hydrogen (secondary N) is 2. The number of hydrogen-bond donors (Lipinski definition) is 2. The highest BCUT2D eigenvalue weighted by atomic mass is 16.5. The first-order valence-electron chi connectivity index (χ1n) is 8.28. The van der Waals surface area contributed by atoms with Gasteiger partial charge in [0.2, 0.25) is 0 Å². The van der Waals surface area contributed by atoms with Crippen molar-refractivity contribution in [1.82, 2.24) is 15.1 Å². The van der Waals surface area contributed by atoms with Gasteiger partial charge < -0.3 is 15.4 Å². The average Bonchev–Trinajstić information content (AvgIpc) is 2.89. The first-order chi connectivity index (χ1) is 11.9. The molecule has 3 rings (SSSR count). The number of carbonyl (C=O) groups is 2. The van der Waals surface area contributed by atoms with Crippen LogP contribution >= 0.6 is 0 Å². The molecule has 2 aromatic rings. The van der Waals surface area contributed by atoms with Gasteiger partial charge in [-0.2, -0.15) is 5.10 Å². The van der Waals surface area contributed by atoms with Crippen molar-refractivity contribution in [1.29, 1.82) is 0 Å². The molecule has 1 aliphatic heterocycles. The van der Waals surface area contributed by atoms with E-state index in [-0.39, 0.29) is 24.3 Å². The van der Waals surface area contributed by atoms with Crippen LogP contribution < -0.4 is 15.4 Å². The fourth-order valence-corrected chi connectivity index (χ4v) is 2.80. The number of benzene rings is 1. The van der Waals surface area contributed by atoms with E-state index in [0.29, 0.717) is 23.5 Å². The Morgan fingerprint density at radius 2 is 2.20 bits per heavy atom. The molecule has 7 heteroatoms. The van der Waals surface area contributed by atoms with Crippen LogP contribution in [0.25, 0.3) is 0 Å². The lowest BCUT2D eigenvalue weighted by Crippen LogP contribution is -2.31. The third-order valence-electron chi connectivity index (χ3n) is 4.08. The monoisotopic (exact) mass is 342 g/mol. The van der Waals surface area contributed by atoms with E-state index < -0.39 is 0 Å². The van der Waals surface area contributed by atoms with Gasteiger partial charge in [-0.15, -0.1) is 0 Å². The lowest BCUT2D eigenvalue weighted by atomic mass is 10.1. The predicted molar refractivity (Wildman–Crippen MR) is 93.8 cm³/mol. The van der Waals surface area contributed by atoms with E-state index in [9.17, 15) is 9.59 Å². The summed E-state index contributed by atoms with van der Waals surface area (Å²) in [5, 5.41) is 10.1. The maximum atomic E-state index is 12.3. The van der Waals surface area contributed by atoms with Gasteiger partial charge in [-0.1, -0.05) is 6.92 Å². The topological polar surface area (TPSA) is 85.2 Å². The van der Waals surface area contributed by atoms with Gasteiger partial charge in [0.05, 0.1) is 11.4 Å². The van der Waals surface area contributed by atoms with Crippen molar-refractivity contribution in [2.45, 2.75) is 27.3 Å². The van der Waals surface area contributed by atoms with Crippen LogP contribution in [0.15, 0.2) is 24.3 Å². The van der Waals surface area contributed by atoms with Gasteiger partial charge in [-0.05, 0) is 44.0 Å². The average molecular weight is 342 g/mol. The Bertz CT molecular complexity index is 813. The number of carbonyl (C=O) groups excluding carboxylic acids is 2. The molecular weight excluding hydrogens is 320 g/mol. The molecule has 2 N–H and O–H groups in total. The molecule has 0 saturated carbocycles. The summed E-state index contributed by atoms with van der Waals surface area (Å²) in [6.07, 6.45) is 0.